The van der Waals surface area contributed by atoms with Crippen LogP contribution in [-0.2, 0) is 11.3 Å². The minimum Gasteiger partial charge on any atom is -0.434 e. The summed E-state index contributed by atoms with van der Waals surface area (Å²) in [5.74, 6) is 1.57. The van der Waals surface area contributed by atoms with Gasteiger partial charge in [-0.1, -0.05) is 17.7 Å². The molecule has 1 saturated carbocycles. The summed E-state index contributed by atoms with van der Waals surface area (Å²) in [7, 11) is 1.67. The van der Waals surface area contributed by atoms with Crippen LogP contribution in [0.25, 0.3) is 0 Å². The standard InChI is InChI=1S/C18H27F2N3O2/c1-13-4-7-16(25-17(19)20)15(10-13)11-23-18(21-2)22-8-3-9-24-12-14-5-6-14/h4,7,10,14,17H,3,5-6,8-9,11-12H2,1-2H3,(H2,21,22,23). The van der Waals surface area contributed by atoms with E-state index in [-0.39, 0.29) is 5.75 Å². The van der Waals surface area contributed by atoms with Crippen LogP contribution in [-0.4, -0.2) is 39.4 Å². The Labute approximate surface area is 147 Å². The number of alkyl halides is 2. The summed E-state index contributed by atoms with van der Waals surface area (Å²) < 4.78 is 35.1. The highest BCUT2D eigenvalue weighted by atomic mass is 19.3. The molecule has 0 aromatic heterocycles. The second-order valence-corrected chi connectivity index (χ2v) is 6.21. The van der Waals surface area contributed by atoms with Crippen molar-refractivity contribution in [3.8, 4) is 5.75 Å². The fourth-order valence-electron chi connectivity index (χ4n) is 2.37. The number of guanidine groups is 1. The van der Waals surface area contributed by atoms with Crippen molar-refractivity contribution in [2.24, 2.45) is 10.9 Å². The van der Waals surface area contributed by atoms with Gasteiger partial charge in [-0.15, -0.1) is 0 Å². The van der Waals surface area contributed by atoms with Crippen molar-refractivity contribution >= 4 is 5.96 Å². The second kappa shape index (κ2) is 10.2. The summed E-state index contributed by atoms with van der Waals surface area (Å²) in [6.07, 6.45) is 3.48. The lowest BCUT2D eigenvalue weighted by Crippen LogP contribution is -2.37. The lowest BCUT2D eigenvalue weighted by Gasteiger charge is -2.15. The number of hydrogen-bond acceptors (Lipinski definition) is 3. The number of halogens is 2. The third-order valence-corrected chi connectivity index (χ3v) is 3.91. The fourth-order valence-corrected chi connectivity index (χ4v) is 2.37. The van der Waals surface area contributed by atoms with E-state index in [0.29, 0.717) is 18.1 Å². The number of rotatable bonds is 10. The Bertz CT molecular complexity index is 563. The van der Waals surface area contributed by atoms with E-state index < -0.39 is 6.61 Å². The van der Waals surface area contributed by atoms with Gasteiger partial charge in [0.05, 0.1) is 0 Å². The van der Waals surface area contributed by atoms with Crippen LogP contribution < -0.4 is 15.4 Å². The zero-order valence-electron chi connectivity index (χ0n) is 14.9. The normalized spacial score (nSPS) is 14.7. The maximum atomic E-state index is 12.5. The Hall–Kier alpha value is -1.89. The maximum Gasteiger partial charge on any atom is 0.387 e. The minimum absolute atomic E-state index is 0.178. The van der Waals surface area contributed by atoms with E-state index in [9.17, 15) is 8.78 Å². The van der Waals surface area contributed by atoms with E-state index in [0.717, 1.165) is 37.7 Å². The maximum absolute atomic E-state index is 12.5. The predicted octanol–water partition coefficient (Wildman–Crippen LogP) is 3.08. The highest BCUT2D eigenvalue weighted by Gasteiger charge is 2.20. The Morgan fingerprint density at radius 1 is 1.32 bits per heavy atom. The smallest absolute Gasteiger partial charge is 0.387 e. The van der Waals surface area contributed by atoms with Gasteiger partial charge in [0, 0.05) is 38.9 Å². The van der Waals surface area contributed by atoms with Gasteiger partial charge in [-0.3, -0.25) is 4.99 Å². The summed E-state index contributed by atoms with van der Waals surface area (Å²) in [5.41, 5.74) is 1.64. The first-order valence-corrected chi connectivity index (χ1v) is 8.65. The van der Waals surface area contributed by atoms with Crippen LogP contribution in [0.3, 0.4) is 0 Å². The fraction of sp³-hybridized carbons (Fsp3) is 0.611. The molecule has 1 fully saturated rings. The molecule has 0 heterocycles. The molecule has 2 N–H and O–H groups in total. The molecular weight excluding hydrogens is 328 g/mol. The van der Waals surface area contributed by atoms with Crippen molar-refractivity contribution < 1.29 is 18.3 Å². The Morgan fingerprint density at radius 3 is 2.80 bits per heavy atom. The van der Waals surface area contributed by atoms with Crippen LogP contribution in [0, 0.1) is 12.8 Å². The van der Waals surface area contributed by atoms with Gasteiger partial charge in [0.2, 0.25) is 0 Å². The van der Waals surface area contributed by atoms with Gasteiger partial charge < -0.3 is 20.1 Å². The van der Waals surface area contributed by atoms with Gasteiger partial charge in [-0.25, -0.2) is 0 Å². The van der Waals surface area contributed by atoms with Crippen molar-refractivity contribution in [2.75, 3.05) is 26.8 Å². The monoisotopic (exact) mass is 355 g/mol. The van der Waals surface area contributed by atoms with E-state index in [1.807, 2.05) is 13.0 Å². The van der Waals surface area contributed by atoms with Crippen molar-refractivity contribution in [3.63, 3.8) is 0 Å². The molecule has 25 heavy (non-hydrogen) atoms. The Balaban J connectivity index is 1.72. The number of nitrogens with one attached hydrogen (secondary N) is 2. The lowest BCUT2D eigenvalue weighted by atomic mass is 10.1. The lowest BCUT2D eigenvalue weighted by molar-refractivity contribution is -0.0504. The molecule has 1 aliphatic carbocycles. The third-order valence-electron chi connectivity index (χ3n) is 3.91. The summed E-state index contributed by atoms with van der Waals surface area (Å²) in [6.45, 7) is 1.75. The highest BCUT2D eigenvalue weighted by Crippen LogP contribution is 2.28. The van der Waals surface area contributed by atoms with E-state index >= 15 is 0 Å². The molecular formula is C18H27F2N3O2. The molecule has 140 valence electrons. The summed E-state index contributed by atoms with van der Waals surface area (Å²) in [6, 6.07) is 5.13. The molecule has 0 atom stereocenters. The molecule has 0 amide bonds. The van der Waals surface area contributed by atoms with E-state index in [2.05, 4.69) is 20.4 Å². The molecule has 0 spiro atoms. The molecule has 0 radical (unpaired) electrons. The van der Waals surface area contributed by atoms with Crippen molar-refractivity contribution in [1.29, 1.82) is 0 Å². The van der Waals surface area contributed by atoms with E-state index in [1.165, 1.54) is 12.8 Å². The second-order valence-electron chi connectivity index (χ2n) is 6.21. The van der Waals surface area contributed by atoms with Crippen LogP contribution in [0.5, 0.6) is 5.75 Å². The van der Waals surface area contributed by atoms with Gasteiger partial charge >= 0.3 is 6.61 Å². The number of aliphatic imine (C=N–C) groups is 1. The van der Waals surface area contributed by atoms with Gasteiger partial charge in [0.25, 0.3) is 0 Å². The van der Waals surface area contributed by atoms with Gasteiger partial charge in [-0.05, 0) is 38.2 Å². The number of nitrogens with zero attached hydrogens (tertiary/aromatic N) is 1. The molecule has 1 aliphatic rings. The molecule has 0 bridgehead atoms. The Morgan fingerprint density at radius 2 is 2.12 bits per heavy atom. The zero-order valence-corrected chi connectivity index (χ0v) is 14.9. The average molecular weight is 355 g/mol. The van der Waals surface area contributed by atoms with Gasteiger partial charge in [-0.2, -0.15) is 8.78 Å². The van der Waals surface area contributed by atoms with E-state index in [1.54, 1.807) is 19.2 Å². The SMILES string of the molecule is CN=C(NCCCOCC1CC1)NCc1cc(C)ccc1OC(F)F. The molecule has 0 aliphatic heterocycles. The highest BCUT2D eigenvalue weighted by molar-refractivity contribution is 5.79. The van der Waals surface area contributed by atoms with Crippen molar-refractivity contribution in [1.82, 2.24) is 10.6 Å². The summed E-state index contributed by atoms with van der Waals surface area (Å²) in [4.78, 5) is 4.14. The number of ether oxygens (including phenoxy) is 2. The van der Waals surface area contributed by atoms with Crippen LogP contribution >= 0.6 is 0 Å². The largest absolute Gasteiger partial charge is 0.434 e. The molecule has 5 nitrogen and oxygen atoms in total. The van der Waals surface area contributed by atoms with Crippen molar-refractivity contribution in [3.05, 3.63) is 29.3 Å². The van der Waals surface area contributed by atoms with Crippen LogP contribution in [0.1, 0.15) is 30.4 Å². The first-order chi connectivity index (χ1) is 12.1. The molecule has 2 rings (SSSR count). The van der Waals surface area contributed by atoms with Crippen LogP contribution in [0.4, 0.5) is 8.78 Å². The first kappa shape index (κ1) is 19.4. The van der Waals surface area contributed by atoms with Gasteiger partial charge in [0.15, 0.2) is 5.96 Å². The molecule has 0 saturated heterocycles. The van der Waals surface area contributed by atoms with Gasteiger partial charge in [0.1, 0.15) is 5.75 Å². The van der Waals surface area contributed by atoms with E-state index in [4.69, 9.17) is 4.74 Å². The third kappa shape index (κ3) is 7.69. The number of aryl methyl sites for hydroxylation is 1. The molecule has 1 aromatic carbocycles. The average Bonchev–Trinajstić information content (AvgIpc) is 3.39. The molecule has 7 heteroatoms. The topological polar surface area (TPSA) is 54.9 Å². The van der Waals surface area contributed by atoms with Crippen LogP contribution in [0.2, 0.25) is 0 Å². The zero-order chi connectivity index (χ0) is 18.1. The minimum atomic E-state index is -2.84. The quantitative estimate of drug-likeness (QED) is 0.385. The molecule has 0 unspecified atom stereocenters. The number of hydrogen-bond donors (Lipinski definition) is 2. The number of benzene rings is 1. The predicted molar refractivity (Wildman–Crippen MR) is 94.2 cm³/mol. The first-order valence-electron chi connectivity index (χ1n) is 8.65. The summed E-state index contributed by atoms with van der Waals surface area (Å²) in [5, 5.41) is 6.31. The van der Waals surface area contributed by atoms with Crippen molar-refractivity contribution in [2.45, 2.75) is 39.3 Å². The van der Waals surface area contributed by atoms with Crippen LogP contribution in [0.15, 0.2) is 23.2 Å². The molecule has 1 aromatic rings. The Kier molecular flexibility index (Phi) is 7.91. The summed E-state index contributed by atoms with van der Waals surface area (Å²) >= 11 is 0.